The number of piperidine rings is 1. The van der Waals surface area contributed by atoms with E-state index in [2.05, 4.69) is 25.2 Å². The zero-order chi connectivity index (χ0) is 20.3. The molecule has 0 aliphatic carbocycles. The summed E-state index contributed by atoms with van der Waals surface area (Å²) in [5.74, 6) is 1.60. The third-order valence-electron chi connectivity index (χ3n) is 5.50. The van der Waals surface area contributed by atoms with Gasteiger partial charge in [-0.3, -0.25) is 9.88 Å². The molecule has 5 heterocycles. The summed E-state index contributed by atoms with van der Waals surface area (Å²) >= 11 is 1.56. The highest BCUT2D eigenvalue weighted by Gasteiger charge is 2.30. The predicted octanol–water partition coefficient (Wildman–Crippen LogP) is 3.89. The molecule has 2 saturated heterocycles. The van der Waals surface area contributed by atoms with Gasteiger partial charge in [0.05, 0.1) is 29.8 Å². The van der Waals surface area contributed by atoms with Gasteiger partial charge in [0.25, 0.3) is 0 Å². The molecule has 30 heavy (non-hydrogen) atoms. The molecule has 8 heteroatoms. The molecule has 2 fully saturated rings. The lowest BCUT2D eigenvalue weighted by Gasteiger charge is -2.41. The number of thiazole rings is 1. The molecule has 0 saturated carbocycles. The first-order valence-electron chi connectivity index (χ1n) is 10.3. The van der Waals surface area contributed by atoms with Crippen molar-refractivity contribution in [2.75, 3.05) is 31.6 Å². The van der Waals surface area contributed by atoms with Crippen LogP contribution in [0.1, 0.15) is 18.5 Å². The zero-order valence-electron chi connectivity index (χ0n) is 17.0. The van der Waals surface area contributed by atoms with Crippen molar-refractivity contribution in [1.82, 2.24) is 19.9 Å². The van der Waals surface area contributed by atoms with Gasteiger partial charge in [0.15, 0.2) is 5.13 Å². The lowest BCUT2D eigenvalue weighted by Crippen LogP contribution is -2.52. The van der Waals surface area contributed by atoms with E-state index in [1.807, 2.05) is 43.5 Å². The fourth-order valence-electron chi connectivity index (χ4n) is 3.82. The average Bonchev–Trinajstić information content (AvgIpc) is 3.17. The maximum Gasteiger partial charge on any atom is 0.188 e. The summed E-state index contributed by atoms with van der Waals surface area (Å²) in [5.41, 5.74) is 1.84. The summed E-state index contributed by atoms with van der Waals surface area (Å²) in [5, 5.41) is 4.10. The lowest BCUT2D eigenvalue weighted by atomic mass is 10.0. The molecule has 0 bridgehead atoms. The number of aromatic nitrogens is 3. The molecular formula is C22H25N5O2S. The van der Waals surface area contributed by atoms with Gasteiger partial charge in [-0.2, -0.15) is 0 Å². The van der Waals surface area contributed by atoms with E-state index in [0.717, 1.165) is 72.1 Å². The number of pyridine rings is 2. The Morgan fingerprint density at radius 3 is 2.77 bits per heavy atom. The Bertz CT molecular complexity index is 984. The summed E-state index contributed by atoms with van der Waals surface area (Å²) in [6, 6.07) is 10.4. The van der Waals surface area contributed by atoms with Crippen molar-refractivity contribution in [3.63, 3.8) is 0 Å². The number of anilines is 2. The van der Waals surface area contributed by atoms with Crippen LogP contribution in [0.3, 0.4) is 0 Å². The number of likely N-dealkylation sites (tertiary alicyclic amines) is 1. The Kier molecular flexibility index (Phi) is 5.61. The molecule has 0 aromatic carbocycles. The number of nitrogens with one attached hydrogen (secondary N) is 1. The van der Waals surface area contributed by atoms with Crippen LogP contribution in [0.15, 0.2) is 42.7 Å². The molecule has 2 aliphatic heterocycles. The van der Waals surface area contributed by atoms with Gasteiger partial charge in [0.1, 0.15) is 17.7 Å². The van der Waals surface area contributed by atoms with Crippen molar-refractivity contribution in [3.05, 3.63) is 48.4 Å². The molecule has 2 aliphatic rings. The Morgan fingerprint density at radius 1 is 1.17 bits per heavy atom. The van der Waals surface area contributed by atoms with Crippen LogP contribution in [-0.4, -0.2) is 58.3 Å². The van der Waals surface area contributed by atoms with E-state index >= 15 is 0 Å². The van der Waals surface area contributed by atoms with E-state index in [4.69, 9.17) is 9.47 Å². The Labute approximate surface area is 180 Å². The van der Waals surface area contributed by atoms with Crippen LogP contribution >= 0.6 is 11.3 Å². The Morgan fingerprint density at radius 2 is 2.03 bits per heavy atom. The normalized spacial score (nSPS) is 18.2. The highest BCUT2D eigenvalue weighted by atomic mass is 32.1. The predicted molar refractivity (Wildman–Crippen MR) is 117 cm³/mol. The molecule has 0 unspecified atom stereocenters. The molecule has 3 aromatic rings. The van der Waals surface area contributed by atoms with Crippen molar-refractivity contribution in [2.45, 2.75) is 31.9 Å². The molecule has 156 valence electrons. The van der Waals surface area contributed by atoms with Gasteiger partial charge in [0.2, 0.25) is 0 Å². The first kappa shape index (κ1) is 19.4. The fourth-order valence-corrected chi connectivity index (χ4v) is 4.62. The van der Waals surface area contributed by atoms with E-state index < -0.39 is 0 Å². The molecule has 0 radical (unpaired) electrons. The largest absolute Gasteiger partial charge is 0.490 e. The number of aryl methyl sites for hydroxylation is 1. The van der Waals surface area contributed by atoms with Crippen LogP contribution in [-0.2, 0) is 4.74 Å². The second-order valence-electron chi connectivity index (χ2n) is 7.74. The second kappa shape index (κ2) is 8.67. The molecular weight excluding hydrogens is 398 g/mol. The van der Waals surface area contributed by atoms with Gasteiger partial charge in [-0.15, -0.1) is 0 Å². The smallest absolute Gasteiger partial charge is 0.188 e. The first-order chi connectivity index (χ1) is 14.7. The van der Waals surface area contributed by atoms with Crippen LogP contribution in [0, 0.1) is 6.92 Å². The number of hydrogen-bond acceptors (Lipinski definition) is 8. The lowest BCUT2D eigenvalue weighted by molar-refractivity contribution is -0.0778. The monoisotopic (exact) mass is 423 g/mol. The number of rotatable bonds is 6. The summed E-state index contributed by atoms with van der Waals surface area (Å²) in [6.07, 6.45) is 5.95. The van der Waals surface area contributed by atoms with Crippen LogP contribution in [0.2, 0.25) is 0 Å². The first-order valence-corrected chi connectivity index (χ1v) is 11.2. The van der Waals surface area contributed by atoms with E-state index in [1.54, 1.807) is 17.5 Å². The summed E-state index contributed by atoms with van der Waals surface area (Å²) < 4.78 is 11.6. The van der Waals surface area contributed by atoms with Gasteiger partial charge < -0.3 is 14.8 Å². The number of hydrogen-bond donors (Lipinski definition) is 1. The van der Waals surface area contributed by atoms with Gasteiger partial charge in [-0.25, -0.2) is 9.97 Å². The molecule has 0 spiro atoms. The third kappa shape index (κ3) is 4.45. The van der Waals surface area contributed by atoms with Crippen LogP contribution in [0.4, 0.5) is 10.9 Å². The standard InChI is InChI=1S/C22H25N5O2S/c1-15-10-18(29-17-5-8-27(9-6-17)16-13-28-14-16)11-21(25-15)26-22-24-12-20(30-22)19-4-2-3-7-23-19/h2-4,7,10-12,16-17H,5-6,8-9,13-14H2,1H3,(H,24,25,26). The van der Waals surface area contributed by atoms with Crippen molar-refractivity contribution in [2.24, 2.45) is 0 Å². The minimum atomic E-state index is 0.243. The number of nitrogens with zero attached hydrogens (tertiary/aromatic N) is 4. The van der Waals surface area contributed by atoms with E-state index in [9.17, 15) is 0 Å². The highest BCUT2D eigenvalue weighted by molar-refractivity contribution is 7.18. The van der Waals surface area contributed by atoms with E-state index in [1.165, 1.54) is 0 Å². The second-order valence-corrected chi connectivity index (χ2v) is 8.77. The minimum Gasteiger partial charge on any atom is -0.490 e. The highest BCUT2D eigenvalue weighted by Crippen LogP contribution is 2.30. The fraction of sp³-hybridized carbons (Fsp3) is 0.409. The summed E-state index contributed by atoms with van der Waals surface area (Å²) in [6.45, 7) is 5.89. The molecule has 1 N–H and O–H groups in total. The SMILES string of the molecule is Cc1cc(OC2CCN(C3COC3)CC2)cc(Nc2ncc(-c3ccccn3)s2)n1. The van der Waals surface area contributed by atoms with Crippen molar-refractivity contribution in [3.8, 4) is 16.3 Å². The van der Waals surface area contributed by atoms with Crippen LogP contribution in [0.5, 0.6) is 5.75 Å². The molecule has 5 rings (SSSR count). The maximum atomic E-state index is 6.30. The molecule has 7 nitrogen and oxygen atoms in total. The van der Waals surface area contributed by atoms with Gasteiger partial charge in [0, 0.05) is 43.3 Å². The third-order valence-corrected chi connectivity index (χ3v) is 6.44. The van der Waals surface area contributed by atoms with Gasteiger partial charge >= 0.3 is 0 Å². The number of ether oxygens (including phenoxy) is 2. The molecule has 0 amide bonds. The van der Waals surface area contributed by atoms with Crippen molar-refractivity contribution >= 4 is 22.3 Å². The van der Waals surface area contributed by atoms with Crippen LogP contribution in [0.25, 0.3) is 10.6 Å². The van der Waals surface area contributed by atoms with Crippen molar-refractivity contribution in [1.29, 1.82) is 0 Å². The van der Waals surface area contributed by atoms with Gasteiger partial charge in [-0.05, 0) is 31.9 Å². The van der Waals surface area contributed by atoms with E-state index in [0.29, 0.717) is 6.04 Å². The quantitative estimate of drug-likeness (QED) is 0.645. The average molecular weight is 424 g/mol. The van der Waals surface area contributed by atoms with E-state index in [-0.39, 0.29) is 6.10 Å². The molecule has 3 aromatic heterocycles. The van der Waals surface area contributed by atoms with Crippen LogP contribution < -0.4 is 10.1 Å². The topological polar surface area (TPSA) is 72.4 Å². The van der Waals surface area contributed by atoms with Gasteiger partial charge in [-0.1, -0.05) is 17.4 Å². The maximum absolute atomic E-state index is 6.30. The molecule has 0 atom stereocenters. The zero-order valence-corrected chi connectivity index (χ0v) is 17.8. The Balaban J connectivity index is 1.22. The van der Waals surface area contributed by atoms with Crippen molar-refractivity contribution < 1.29 is 9.47 Å². The summed E-state index contributed by atoms with van der Waals surface area (Å²) in [4.78, 5) is 17.0. The minimum absolute atomic E-state index is 0.243. The summed E-state index contributed by atoms with van der Waals surface area (Å²) in [7, 11) is 0. The Hall–Kier alpha value is -2.55.